The maximum absolute atomic E-state index is 13.3. The third kappa shape index (κ3) is 4.79. The molecule has 1 aromatic heterocycles. The van der Waals surface area contributed by atoms with Gasteiger partial charge < -0.3 is 14.5 Å². The normalized spacial score (nSPS) is 21.5. The number of piperazine rings is 1. The van der Waals surface area contributed by atoms with Crippen LogP contribution < -0.4 is 4.90 Å². The van der Waals surface area contributed by atoms with Gasteiger partial charge in [-0.05, 0) is 72.9 Å². The van der Waals surface area contributed by atoms with Crippen molar-refractivity contribution in [2.75, 3.05) is 24.5 Å². The van der Waals surface area contributed by atoms with Crippen LogP contribution in [0.1, 0.15) is 74.3 Å². The molecular weight excluding hydrogens is 436 g/mol. The molecule has 2 aliphatic heterocycles. The van der Waals surface area contributed by atoms with E-state index in [1.165, 1.54) is 29.5 Å². The molecule has 0 spiro atoms. The maximum Gasteiger partial charge on any atom is 0.227 e. The number of nitrogens with zero attached hydrogens (tertiary/aromatic N) is 4. The highest BCUT2D eigenvalue weighted by Crippen LogP contribution is 2.47. The number of carbonyl (C=O) groups is 1. The number of amides is 1. The van der Waals surface area contributed by atoms with Gasteiger partial charge in [0.25, 0.3) is 0 Å². The average molecular weight is 473 g/mol. The first-order valence-corrected chi connectivity index (χ1v) is 12.9. The molecule has 2 fully saturated rings. The quantitative estimate of drug-likeness (QED) is 0.636. The summed E-state index contributed by atoms with van der Waals surface area (Å²) in [5.41, 5.74) is 6.34. The number of nitriles is 1. The SMILES string of the molecule is CC(C)[C@@H]1CN(c2cc(C3CC3)c3c(c2C#N)CC(C)(C)OC3)CCN1C(=O)Cc1cccnc1. The second kappa shape index (κ2) is 9.28. The number of aromatic nitrogens is 1. The third-order valence-electron chi connectivity index (χ3n) is 7.83. The molecule has 1 saturated heterocycles. The Morgan fingerprint density at radius 1 is 1.29 bits per heavy atom. The summed E-state index contributed by atoms with van der Waals surface area (Å²) in [4.78, 5) is 21.9. The van der Waals surface area contributed by atoms with Gasteiger partial charge in [-0.25, -0.2) is 0 Å². The Kier molecular flexibility index (Phi) is 6.31. The molecule has 3 aliphatic rings. The van der Waals surface area contributed by atoms with Gasteiger partial charge in [-0.15, -0.1) is 0 Å². The molecule has 35 heavy (non-hydrogen) atoms. The van der Waals surface area contributed by atoms with Crippen molar-refractivity contribution in [3.63, 3.8) is 0 Å². The van der Waals surface area contributed by atoms with Gasteiger partial charge in [0, 0.05) is 38.4 Å². The van der Waals surface area contributed by atoms with Crippen molar-refractivity contribution in [2.45, 2.75) is 77.5 Å². The fraction of sp³-hybridized carbons (Fsp3) is 0.552. The first kappa shape index (κ1) is 23.8. The molecule has 184 valence electrons. The molecule has 1 aliphatic carbocycles. The van der Waals surface area contributed by atoms with Gasteiger partial charge in [-0.3, -0.25) is 9.78 Å². The molecule has 0 unspecified atom stereocenters. The van der Waals surface area contributed by atoms with E-state index in [-0.39, 0.29) is 17.6 Å². The van der Waals surface area contributed by atoms with Crippen molar-refractivity contribution in [3.8, 4) is 6.07 Å². The number of pyridine rings is 1. The van der Waals surface area contributed by atoms with Gasteiger partial charge in [-0.1, -0.05) is 19.9 Å². The zero-order chi connectivity index (χ0) is 24.7. The highest BCUT2D eigenvalue weighted by molar-refractivity contribution is 5.79. The van der Waals surface area contributed by atoms with Crippen molar-refractivity contribution in [2.24, 2.45) is 5.92 Å². The van der Waals surface area contributed by atoms with Gasteiger partial charge in [-0.2, -0.15) is 5.26 Å². The molecule has 0 bridgehead atoms. The van der Waals surface area contributed by atoms with Crippen molar-refractivity contribution < 1.29 is 9.53 Å². The van der Waals surface area contributed by atoms with Crippen LogP contribution in [0.4, 0.5) is 5.69 Å². The molecule has 1 atom stereocenters. The Bertz CT molecular complexity index is 1150. The number of benzene rings is 1. The fourth-order valence-corrected chi connectivity index (χ4v) is 5.72. The first-order chi connectivity index (χ1) is 16.8. The Morgan fingerprint density at radius 3 is 2.74 bits per heavy atom. The summed E-state index contributed by atoms with van der Waals surface area (Å²) in [6, 6.07) is 8.79. The van der Waals surface area contributed by atoms with Gasteiger partial charge in [0.2, 0.25) is 5.91 Å². The van der Waals surface area contributed by atoms with Crippen LogP contribution in [0.15, 0.2) is 30.6 Å². The molecule has 6 nitrogen and oxygen atoms in total. The minimum atomic E-state index is -0.268. The van der Waals surface area contributed by atoms with E-state index in [1.54, 1.807) is 12.4 Å². The first-order valence-electron chi connectivity index (χ1n) is 12.9. The van der Waals surface area contributed by atoms with Crippen LogP contribution in [0.3, 0.4) is 0 Å². The van der Waals surface area contributed by atoms with Crippen LogP contribution in [-0.4, -0.2) is 47.1 Å². The Morgan fingerprint density at radius 2 is 2.09 bits per heavy atom. The predicted octanol–water partition coefficient (Wildman–Crippen LogP) is 4.60. The van der Waals surface area contributed by atoms with Crippen LogP contribution in [0.25, 0.3) is 0 Å². The molecule has 0 radical (unpaired) electrons. The number of anilines is 1. The van der Waals surface area contributed by atoms with E-state index in [9.17, 15) is 10.1 Å². The lowest BCUT2D eigenvalue weighted by atomic mass is 9.83. The van der Waals surface area contributed by atoms with E-state index >= 15 is 0 Å². The fourth-order valence-electron chi connectivity index (χ4n) is 5.72. The summed E-state index contributed by atoms with van der Waals surface area (Å²) in [6.07, 6.45) is 7.07. The van der Waals surface area contributed by atoms with Crippen LogP contribution in [0.2, 0.25) is 0 Å². The van der Waals surface area contributed by atoms with E-state index in [0.29, 0.717) is 31.4 Å². The van der Waals surface area contributed by atoms with E-state index in [2.05, 4.69) is 54.6 Å². The minimum Gasteiger partial charge on any atom is -0.371 e. The standard InChI is InChI=1S/C29H36N4O2/c1-19(2)27-17-32(10-11-33(27)28(34)12-20-6-5-9-31-16-20)26-13-22(21-7-8-21)25-18-35-29(3,4)14-23(25)24(26)15-30/h5-6,9,13,16,19,21,27H,7-8,10-12,14,17-18H2,1-4H3/t27-/m0/s1. The molecule has 2 aromatic rings. The summed E-state index contributed by atoms with van der Waals surface area (Å²) < 4.78 is 6.16. The van der Waals surface area contributed by atoms with Gasteiger partial charge in [0.15, 0.2) is 0 Å². The lowest BCUT2D eigenvalue weighted by Gasteiger charge is -2.45. The minimum absolute atomic E-state index is 0.0969. The zero-order valence-corrected chi connectivity index (χ0v) is 21.4. The monoisotopic (exact) mass is 472 g/mol. The summed E-state index contributed by atoms with van der Waals surface area (Å²) in [5.74, 6) is 1.05. The summed E-state index contributed by atoms with van der Waals surface area (Å²) >= 11 is 0. The number of ether oxygens (including phenoxy) is 1. The lowest BCUT2D eigenvalue weighted by molar-refractivity contribution is -0.134. The van der Waals surface area contributed by atoms with E-state index in [0.717, 1.165) is 36.3 Å². The molecule has 1 saturated carbocycles. The molecule has 0 N–H and O–H groups in total. The molecule has 1 aromatic carbocycles. The summed E-state index contributed by atoms with van der Waals surface area (Å²) in [7, 11) is 0. The topological polar surface area (TPSA) is 69.5 Å². The average Bonchev–Trinajstić information content (AvgIpc) is 3.68. The highest BCUT2D eigenvalue weighted by atomic mass is 16.5. The Balaban J connectivity index is 1.45. The number of rotatable bonds is 5. The third-order valence-corrected chi connectivity index (χ3v) is 7.83. The maximum atomic E-state index is 13.3. The Hall–Kier alpha value is -2.91. The Labute approximate surface area is 208 Å². The zero-order valence-electron chi connectivity index (χ0n) is 21.4. The highest BCUT2D eigenvalue weighted by Gasteiger charge is 2.38. The molecular formula is C29H36N4O2. The van der Waals surface area contributed by atoms with Gasteiger partial charge >= 0.3 is 0 Å². The van der Waals surface area contributed by atoms with Crippen molar-refractivity contribution in [3.05, 3.63) is 58.4 Å². The van der Waals surface area contributed by atoms with E-state index in [4.69, 9.17) is 4.74 Å². The van der Waals surface area contributed by atoms with E-state index in [1.807, 2.05) is 12.1 Å². The summed E-state index contributed by atoms with van der Waals surface area (Å²) in [5, 5.41) is 10.3. The van der Waals surface area contributed by atoms with Gasteiger partial charge in [0.05, 0.1) is 35.9 Å². The lowest BCUT2D eigenvalue weighted by Crippen LogP contribution is -2.57. The van der Waals surface area contributed by atoms with Crippen LogP contribution in [0.5, 0.6) is 0 Å². The van der Waals surface area contributed by atoms with Crippen LogP contribution in [0, 0.1) is 17.2 Å². The largest absolute Gasteiger partial charge is 0.371 e. The number of hydrogen-bond acceptors (Lipinski definition) is 5. The molecule has 1 amide bonds. The van der Waals surface area contributed by atoms with E-state index < -0.39 is 0 Å². The van der Waals surface area contributed by atoms with Crippen LogP contribution in [-0.2, 0) is 29.0 Å². The summed E-state index contributed by atoms with van der Waals surface area (Å²) in [6.45, 7) is 11.3. The molecule has 3 heterocycles. The molecule has 5 rings (SSSR count). The smallest absolute Gasteiger partial charge is 0.227 e. The predicted molar refractivity (Wildman–Crippen MR) is 136 cm³/mol. The van der Waals surface area contributed by atoms with Gasteiger partial charge in [0.1, 0.15) is 6.07 Å². The molecule has 6 heteroatoms. The number of hydrogen-bond donors (Lipinski definition) is 0. The number of fused-ring (bicyclic) bond motifs is 1. The second-order valence-electron chi connectivity index (χ2n) is 11.3. The van der Waals surface area contributed by atoms with Crippen molar-refractivity contribution in [1.82, 2.24) is 9.88 Å². The van der Waals surface area contributed by atoms with Crippen LogP contribution >= 0.6 is 0 Å². The van der Waals surface area contributed by atoms with Crippen molar-refractivity contribution >= 4 is 11.6 Å². The second-order valence-corrected chi connectivity index (χ2v) is 11.3. The van der Waals surface area contributed by atoms with Crippen molar-refractivity contribution in [1.29, 1.82) is 5.26 Å². The number of carbonyl (C=O) groups excluding carboxylic acids is 1.